The molecular weight excluding hydrogens is 1030 g/mol. The van der Waals surface area contributed by atoms with Crippen molar-refractivity contribution in [1.29, 1.82) is 0 Å². The first-order chi connectivity index (χ1) is 37.2. The van der Waals surface area contributed by atoms with Crippen LogP contribution in [0.3, 0.4) is 0 Å². The average molecular weight is 1100 g/mol. The SMILES string of the molecule is CC(C)[C@H](NC(=O)CCCCCN1C(=O)C=CC1=O)C(=O)N[C@@H](CCCNC(N)=O)C(=O)Nc1ccc(C[N+](C)(C)CCOCCc2ccc(NC(=O)NCc3ccc4c(c3)CN(C3CCC(=O)NC3=O)C4=O)cc2Cl)cc1. The fraction of sp³-hybridized carbons (Fsp3) is 0.455. The summed E-state index contributed by atoms with van der Waals surface area (Å²) in [6.45, 7) is 6.69. The molecule has 3 aromatic carbocycles. The Morgan fingerprint density at radius 1 is 0.821 bits per heavy atom. The lowest BCUT2D eigenvalue weighted by Gasteiger charge is -2.30. The molecule has 0 radical (unpaired) electrons. The van der Waals surface area contributed by atoms with Gasteiger partial charge in [-0.3, -0.25) is 48.6 Å². The highest BCUT2D eigenvalue weighted by molar-refractivity contribution is 6.31. The van der Waals surface area contributed by atoms with Gasteiger partial charge < -0.3 is 51.8 Å². The Morgan fingerprint density at radius 3 is 2.23 bits per heavy atom. The second kappa shape index (κ2) is 28.1. The van der Waals surface area contributed by atoms with Gasteiger partial charge in [0.1, 0.15) is 31.2 Å². The standard InChI is InChI=1S/C55H70ClN11O11/c1-34(2)49(63-45(68)10-6-5-7-25-65-47(70)21-22-48(65)71)52(74)62-43(9-8-24-58-54(57)76)50(72)60-39-15-11-35(12-16-39)33-67(3,4)26-28-78-27-23-37-14-17-40(30-42(37)56)61-55(77)59-31-36-13-18-41-38(29-36)32-66(53(41)75)44-19-20-46(69)64-51(44)73/h11-18,21-22,29-30,34,43-44,49H,5-10,19-20,23-28,31-33H2,1-4H3,(H8-,57,58,59,60,61,62,63,64,68,69,72,73,74,76,77)/p+1/t43-,44?,49-/m0/s1. The maximum Gasteiger partial charge on any atom is 0.319 e. The number of halogens is 1. The maximum atomic E-state index is 13.7. The smallest absolute Gasteiger partial charge is 0.319 e. The number of anilines is 2. The van der Waals surface area contributed by atoms with E-state index in [1.54, 1.807) is 50.2 Å². The highest BCUT2D eigenvalue weighted by Gasteiger charge is 2.39. The minimum absolute atomic E-state index is 0.130. The highest BCUT2D eigenvalue weighted by atomic mass is 35.5. The molecule has 0 spiro atoms. The Balaban J connectivity index is 0.894. The van der Waals surface area contributed by atoms with Crippen LogP contribution in [0.15, 0.2) is 72.8 Å². The normalized spacial score (nSPS) is 15.9. The number of hydrogen-bond donors (Lipinski definition) is 8. The van der Waals surface area contributed by atoms with Gasteiger partial charge in [-0.2, -0.15) is 0 Å². The Bertz CT molecular complexity index is 2750. The van der Waals surface area contributed by atoms with Crippen molar-refractivity contribution in [2.75, 3.05) is 57.6 Å². The van der Waals surface area contributed by atoms with Crippen LogP contribution in [0.5, 0.6) is 0 Å². The number of carbonyl (C=O) groups is 10. The summed E-state index contributed by atoms with van der Waals surface area (Å²) in [7, 11) is 4.17. The molecule has 22 nitrogen and oxygen atoms in total. The summed E-state index contributed by atoms with van der Waals surface area (Å²) in [6.07, 6.45) is 5.69. The number of likely N-dealkylation sites (N-methyl/N-ethyl adjacent to an activating group) is 1. The lowest BCUT2D eigenvalue weighted by atomic mass is 10.0. The predicted octanol–water partition coefficient (Wildman–Crippen LogP) is 3.76. The third-order valence-electron chi connectivity index (χ3n) is 13.6. The largest absolute Gasteiger partial charge is 0.375 e. The molecule has 418 valence electrons. The van der Waals surface area contributed by atoms with E-state index in [4.69, 9.17) is 22.1 Å². The van der Waals surface area contributed by atoms with Gasteiger partial charge in [0.05, 0.1) is 27.3 Å². The Kier molecular flexibility index (Phi) is 21.4. The van der Waals surface area contributed by atoms with Gasteiger partial charge in [-0.15, -0.1) is 0 Å². The number of nitrogens with two attached hydrogens (primary N) is 1. The first kappa shape index (κ1) is 59.6. The lowest BCUT2D eigenvalue weighted by molar-refractivity contribution is -0.904. The van der Waals surface area contributed by atoms with Crippen molar-refractivity contribution in [3.8, 4) is 0 Å². The van der Waals surface area contributed by atoms with E-state index in [0.717, 1.165) is 27.2 Å². The van der Waals surface area contributed by atoms with Gasteiger partial charge in [-0.05, 0) is 91.5 Å². The minimum Gasteiger partial charge on any atom is -0.375 e. The Labute approximate surface area is 458 Å². The van der Waals surface area contributed by atoms with E-state index in [1.807, 2.05) is 24.3 Å². The zero-order valence-electron chi connectivity index (χ0n) is 44.5. The number of quaternary nitrogens is 1. The monoisotopic (exact) mass is 1100 g/mol. The zero-order valence-corrected chi connectivity index (χ0v) is 45.3. The van der Waals surface area contributed by atoms with Crippen LogP contribution in [0.1, 0.15) is 97.8 Å². The molecule has 1 fully saturated rings. The first-order valence-corrected chi connectivity index (χ1v) is 26.6. The molecular formula is C55H71ClN11O11+. The van der Waals surface area contributed by atoms with Crippen molar-refractivity contribution in [3.05, 3.63) is 106 Å². The fourth-order valence-electron chi connectivity index (χ4n) is 9.23. The number of fused-ring (bicyclic) bond motifs is 1. The molecule has 3 atom stereocenters. The summed E-state index contributed by atoms with van der Waals surface area (Å²) in [4.78, 5) is 128. The summed E-state index contributed by atoms with van der Waals surface area (Å²) in [5, 5.41) is 19.4. The van der Waals surface area contributed by atoms with Crippen molar-refractivity contribution in [3.63, 3.8) is 0 Å². The third-order valence-corrected chi connectivity index (χ3v) is 13.9. The van der Waals surface area contributed by atoms with Crippen LogP contribution >= 0.6 is 11.6 Å². The number of piperidine rings is 1. The quantitative estimate of drug-likeness (QED) is 0.0294. The van der Waals surface area contributed by atoms with Crippen LogP contribution in [0, 0.1) is 5.92 Å². The van der Waals surface area contributed by atoms with Crippen LogP contribution < -0.4 is 43.0 Å². The fourth-order valence-corrected chi connectivity index (χ4v) is 9.50. The molecule has 1 unspecified atom stereocenters. The molecule has 0 aromatic heterocycles. The Hall–Kier alpha value is -7.69. The van der Waals surface area contributed by atoms with Crippen molar-refractivity contribution >= 4 is 82.3 Å². The molecule has 3 heterocycles. The van der Waals surface area contributed by atoms with E-state index in [0.29, 0.717) is 84.9 Å². The molecule has 6 rings (SSSR count). The van der Waals surface area contributed by atoms with E-state index in [-0.39, 0.29) is 87.3 Å². The van der Waals surface area contributed by atoms with Crippen LogP contribution in [-0.2, 0) is 64.4 Å². The van der Waals surface area contributed by atoms with Gasteiger partial charge in [0, 0.05) is 78.7 Å². The molecule has 9 N–H and O–H groups in total. The first-order valence-electron chi connectivity index (χ1n) is 26.2. The average Bonchev–Trinajstić information content (AvgIpc) is 4.01. The van der Waals surface area contributed by atoms with Gasteiger partial charge in [-0.25, -0.2) is 9.59 Å². The van der Waals surface area contributed by atoms with Crippen molar-refractivity contribution in [2.45, 2.75) is 109 Å². The number of rotatable bonds is 28. The lowest BCUT2D eigenvalue weighted by Crippen LogP contribution is -2.54. The van der Waals surface area contributed by atoms with Crippen LogP contribution in [0.2, 0.25) is 5.02 Å². The number of urea groups is 2. The van der Waals surface area contributed by atoms with Gasteiger partial charge in [0.25, 0.3) is 17.7 Å². The molecule has 0 saturated carbocycles. The molecule has 12 amide bonds. The number of nitrogens with one attached hydrogen (secondary N) is 7. The van der Waals surface area contributed by atoms with Crippen molar-refractivity contribution < 1.29 is 57.2 Å². The number of ether oxygens (including phenoxy) is 1. The number of carbonyl (C=O) groups excluding carboxylic acids is 10. The summed E-state index contributed by atoms with van der Waals surface area (Å²) in [5.74, 6) is -3.46. The Morgan fingerprint density at radius 2 is 1.54 bits per heavy atom. The molecule has 23 heteroatoms. The van der Waals surface area contributed by atoms with Crippen molar-refractivity contribution in [2.24, 2.45) is 11.7 Å². The predicted molar refractivity (Wildman–Crippen MR) is 290 cm³/mol. The summed E-state index contributed by atoms with van der Waals surface area (Å²) in [6, 6.07) is 14.1. The van der Waals surface area contributed by atoms with E-state index in [2.05, 4.69) is 51.3 Å². The molecule has 1 saturated heterocycles. The molecule has 0 aliphatic carbocycles. The van der Waals surface area contributed by atoms with E-state index < -0.39 is 47.9 Å². The maximum absolute atomic E-state index is 13.7. The number of benzene rings is 3. The van der Waals surface area contributed by atoms with Crippen LogP contribution in [0.4, 0.5) is 21.0 Å². The zero-order chi connectivity index (χ0) is 56.5. The second-order valence-corrected chi connectivity index (χ2v) is 21.0. The number of unbranched alkanes of at least 4 members (excludes halogenated alkanes) is 2. The van der Waals surface area contributed by atoms with Crippen LogP contribution in [0.25, 0.3) is 0 Å². The van der Waals surface area contributed by atoms with Gasteiger partial charge in [-0.1, -0.05) is 62.2 Å². The molecule has 3 aliphatic heterocycles. The third kappa shape index (κ3) is 17.7. The summed E-state index contributed by atoms with van der Waals surface area (Å²) >= 11 is 6.61. The van der Waals surface area contributed by atoms with Gasteiger partial charge in [0.15, 0.2) is 0 Å². The second-order valence-electron chi connectivity index (χ2n) is 20.6. The number of amides is 12. The molecule has 3 aliphatic rings. The number of imide groups is 2. The number of hydrogen-bond acceptors (Lipinski definition) is 11. The van der Waals surface area contributed by atoms with Crippen LogP contribution in [-0.4, -0.2) is 139 Å². The molecule has 78 heavy (non-hydrogen) atoms. The minimum atomic E-state index is -1.01. The molecule has 0 bridgehead atoms. The highest BCUT2D eigenvalue weighted by Crippen LogP contribution is 2.29. The van der Waals surface area contributed by atoms with E-state index in [9.17, 15) is 47.9 Å². The van der Waals surface area contributed by atoms with E-state index in [1.165, 1.54) is 17.1 Å². The topological polar surface area (TPSA) is 297 Å². The summed E-state index contributed by atoms with van der Waals surface area (Å²) < 4.78 is 6.62. The van der Waals surface area contributed by atoms with Gasteiger partial charge >= 0.3 is 12.1 Å². The number of primary amides is 1. The van der Waals surface area contributed by atoms with E-state index >= 15 is 0 Å². The number of nitrogens with zero attached hydrogens (tertiary/aromatic N) is 3. The van der Waals surface area contributed by atoms with Gasteiger partial charge in [0.2, 0.25) is 29.5 Å². The van der Waals surface area contributed by atoms with Crippen molar-refractivity contribution in [1.82, 2.24) is 36.4 Å². The molecule has 3 aromatic rings. The summed E-state index contributed by atoms with van der Waals surface area (Å²) in [5.41, 5.74) is 10.1.